The van der Waals surface area contributed by atoms with Crippen LogP contribution in [0.15, 0.2) is 24.3 Å². The van der Waals surface area contributed by atoms with Crippen LogP contribution in [0.1, 0.15) is 32.1 Å². The van der Waals surface area contributed by atoms with Crippen molar-refractivity contribution in [3.8, 4) is 0 Å². The van der Waals surface area contributed by atoms with E-state index in [1.54, 1.807) is 12.1 Å². The Morgan fingerprint density at radius 3 is 2.05 bits per heavy atom. The van der Waals surface area contributed by atoms with Crippen molar-refractivity contribution < 1.29 is 9.18 Å². The lowest BCUT2D eigenvalue weighted by molar-refractivity contribution is -0.132. The molecule has 0 saturated heterocycles. The second-order valence-electron chi connectivity index (χ2n) is 6.95. The lowest BCUT2D eigenvalue weighted by Gasteiger charge is -2.53. The smallest absolute Gasteiger partial charge is 0.228 e. The molecule has 4 aliphatic carbocycles. The number of hydrogen-bond donors (Lipinski definition) is 1. The van der Waals surface area contributed by atoms with Crippen LogP contribution in [0.25, 0.3) is 0 Å². The zero-order valence-electron chi connectivity index (χ0n) is 11.5. The molecule has 1 aromatic rings. The van der Waals surface area contributed by atoms with Crippen LogP contribution in [0.5, 0.6) is 0 Å². The first-order chi connectivity index (χ1) is 9.69. The molecule has 0 heterocycles. The molecule has 0 radical (unpaired) electrons. The van der Waals surface area contributed by atoms with Gasteiger partial charge < -0.3 is 5.32 Å². The predicted octanol–water partition coefficient (Wildman–Crippen LogP) is 3.84. The van der Waals surface area contributed by atoms with Crippen LogP contribution in [0.4, 0.5) is 10.1 Å². The Morgan fingerprint density at radius 1 is 0.950 bits per heavy atom. The van der Waals surface area contributed by atoms with Gasteiger partial charge in [-0.05, 0) is 80.0 Å². The van der Waals surface area contributed by atoms with Crippen molar-refractivity contribution in [3.05, 3.63) is 30.1 Å². The van der Waals surface area contributed by atoms with Crippen LogP contribution < -0.4 is 5.32 Å². The molecular weight excluding hydrogens is 253 g/mol. The highest BCUT2D eigenvalue weighted by atomic mass is 19.1. The minimum absolute atomic E-state index is 0.158. The SMILES string of the molecule is O=C(Nc1ccc(F)cc1)C1C2CC3CC(C2)CC1C3. The van der Waals surface area contributed by atoms with Gasteiger partial charge in [0.1, 0.15) is 5.82 Å². The van der Waals surface area contributed by atoms with Crippen molar-refractivity contribution in [2.24, 2.45) is 29.6 Å². The van der Waals surface area contributed by atoms with E-state index < -0.39 is 0 Å². The molecule has 2 nitrogen and oxygen atoms in total. The fraction of sp³-hybridized carbons (Fsp3) is 0.588. The summed E-state index contributed by atoms with van der Waals surface area (Å²) in [5.41, 5.74) is 0.713. The van der Waals surface area contributed by atoms with E-state index >= 15 is 0 Å². The van der Waals surface area contributed by atoms with Gasteiger partial charge in [-0.3, -0.25) is 4.79 Å². The molecule has 20 heavy (non-hydrogen) atoms. The second-order valence-corrected chi connectivity index (χ2v) is 6.95. The third-order valence-electron chi connectivity index (χ3n) is 5.64. The monoisotopic (exact) mass is 273 g/mol. The molecule has 5 rings (SSSR count). The van der Waals surface area contributed by atoms with Crippen molar-refractivity contribution in [1.29, 1.82) is 0 Å². The first kappa shape index (κ1) is 12.4. The maximum absolute atomic E-state index is 12.9. The molecule has 106 valence electrons. The number of anilines is 1. The Balaban J connectivity index is 1.50. The average molecular weight is 273 g/mol. The summed E-state index contributed by atoms with van der Waals surface area (Å²) in [6.45, 7) is 0. The average Bonchev–Trinajstić information content (AvgIpc) is 2.40. The van der Waals surface area contributed by atoms with Gasteiger partial charge in [-0.2, -0.15) is 0 Å². The van der Waals surface area contributed by atoms with Crippen molar-refractivity contribution in [2.45, 2.75) is 32.1 Å². The minimum atomic E-state index is -0.266. The fourth-order valence-electron chi connectivity index (χ4n) is 5.11. The zero-order valence-corrected chi connectivity index (χ0v) is 11.5. The normalized spacial score (nSPS) is 38.0. The predicted molar refractivity (Wildman–Crippen MR) is 75.6 cm³/mol. The van der Waals surface area contributed by atoms with Gasteiger partial charge >= 0.3 is 0 Å². The molecular formula is C17H20FNO. The molecule has 4 saturated carbocycles. The first-order valence-corrected chi connectivity index (χ1v) is 7.75. The number of rotatable bonds is 2. The molecule has 3 heteroatoms. The lowest BCUT2D eigenvalue weighted by Crippen LogP contribution is -2.49. The lowest BCUT2D eigenvalue weighted by atomic mass is 9.51. The van der Waals surface area contributed by atoms with E-state index in [1.807, 2.05) is 0 Å². The van der Waals surface area contributed by atoms with Crippen molar-refractivity contribution >= 4 is 11.6 Å². The van der Waals surface area contributed by atoms with Gasteiger partial charge in [0.25, 0.3) is 0 Å². The van der Waals surface area contributed by atoms with Gasteiger partial charge in [-0.25, -0.2) is 4.39 Å². The Bertz CT molecular complexity index is 496. The van der Waals surface area contributed by atoms with Crippen LogP contribution in [0.2, 0.25) is 0 Å². The van der Waals surface area contributed by atoms with Gasteiger partial charge in [0, 0.05) is 11.6 Å². The summed E-state index contributed by atoms with van der Waals surface area (Å²) in [6.07, 6.45) is 6.38. The molecule has 1 amide bonds. The number of hydrogen-bond acceptors (Lipinski definition) is 1. The Labute approximate surface area is 118 Å². The van der Waals surface area contributed by atoms with E-state index in [4.69, 9.17) is 0 Å². The summed E-state index contributed by atoms with van der Waals surface area (Å²) in [4.78, 5) is 12.6. The summed E-state index contributed by atoms with van der Waals surface area (Å²) in [6, 6.07) is 6.08. The van der Waals surface area contributed by atoms with Gasteiger partial charge in [-0.15, -0.1) is 0 Å². The third kappa shape index (κ3) is 2.04. The molecule has 0 aromatic heterocycles. The highest BCUT2D eigenvalue weighted by Crippen LogP contribution is 2.56. The van der Waals surface area contributed by atoms with E-state index in [0.717, 1.165) is 11.8 Å². The topological polar surface area (TPSA) is 29.1 Å². The third-order valence-corrected chi connectivity index (χ3v) is 5.64. The largest absolute Gasteiger partial charge is 0.326 e. The van der Waals surface area contributed by atoms with Crippen LogP contribution in [-0.2, 0) is 4.79 Å². The zero-order chi connectivity index (χ0) is 13.7. The maximum Gasteiger partial charge on any atom is 0.228 e. The summed E-state index contributed by atoms with van der Waals surface area (Å²) < 4.78 is 12.9. The van der Waals surface area contributed by atoms with Gasteiger partial charge in [0.2, 0.25) is 5.91 Å². The molecule has 0 aliphatic heterocycles. The van der Waals surface area contributed by atoms with Crippen molar-refractivity contribution in [2.75, 3.05) is 5.32 Å². The Morgan fingerprint density at radius 2 is 1.50 bits per heavy atom. The Hall–Kier alpha value is -1.38. The van der Waals surface area contributed by atoms with E-state index in [-0.39, 0.29) is 17.6 Å². The number of amides is 1. The fourth-order valence-corrected chi connectivity index (χ4v) is 5.11. The number of benzene rings is 1. The maximum atomic E-state index is 12.9. The second kappa shape index (κ2) is 4.57. The van der Waals surface area contributed by atoms with Crippen LogP contribution in [0.3, 0.4) is 0 Å². The molecule has 0 atom stereocenters. The number of halogens is 1. The quantitative estimate of drug-likeness (QED) is 0.871. The molecule has 4 aliphatic rings. The van der Waals surface area contributed by atoms with E-state index in [2.05, 4.69) is 5.32 Å². The van der Waals surface area contributed by atoms with Crippen LogP contribution >= 0.6 is 0 Å². The van der Waals surface area contributed by atoms with Gasteiger partial charge in [0.15, 0.2) is 0 Å². The molecule has 4 bridgehead atoms. The summed E-state index contributed by atoms with van der Waals surface area (Å²) in [7, 11) is 0. The number of nitrogens with one attached hydrogen (secondary N) is 1. The van der Waals surface area contributed by atoms with E-state index in [0.29, 0.717) is 17.5 Å². The highest BCUT2D eigenvalue weighted by molar-refractivity contribution is 5.93. The molecule has 0 unspecified atom stereocenters. The molecule has 4 fully saturated rings. The highest BCUT2D eigenvalue weighted by Gasteiger charge is 2.50. The summed E-state index contributed by atoms with van der Waals surface area (Å²) in [5.74, 6) is 3.02. The van der Waals surface area contributed by atoms with Crippen LogP contribution in [0, 0.1) is 35.4 Å². The number of carbonyl (C=O) groups is 1. The Kier molecular flexibility index (Phi) is 2.83. The van der Waals surface area contributed by atoms with Gasteiger partial charge in [0.05, 0.1) is 0 Å². The number of carbonyl (C=O) groups excluding carboxylic acids is 1. The van der Waals surface area contributed by atoms with Crippen molar-refractivity contribution in [3.63, 3.8) is 0 Å². The first-order valence-electron chi connectivity index (χ1n) is 7.75. The summed E-state index contributed by atoms with van der Waals surface area (Å²) >= 11 is 0. The van der Waals surface area contributed by atoms with E-state index in [9.17, 15) is 9.18 Å². The summed E-state index contributed by atoms with van der Waals surface area (Å²) in [5, 5.41) is 2.99. The molecule has 0 spiro atoms. The molecule has 1 aromatic carbocycles. The molecule has 1 N–H and O–H groups in total. The van der Waals surface area contributed by atoms with Gasteiger partial charge in [-0.1, -0.05) is 0 Å². The van der Waals surface area contributed by atoms with Crippen molar-refractivity contribution in [1.82, 2.24) is 0 Å². The standard InChI is InChI=1S/C17H20FNO/c18-14-1-3-15(4-2-14)19-17(20)16-12-6-10-5-11(8-12)9-13(16)7-10/h1-4,10-13,16H,5-9H2,(H,19,20). The minimum Gasteiger partial charge on any atom is -0.326 e. The van der Waals surface area contributed by atoms with Crippen LogP contribution in [-0.4, -0.2) is 5.91 Å². The van der Waals surface area contributed by atoms with E-state index in [1.165, 1.54) is 44.2 Å².